The third kappa shape index (κ3) is 3.73. The topological polar surface area (TPSA) is 136 Å². The van der Waals surface area contributed by atoms with Crippen molar-refractivity contribution in [2.75, 3.05) is 0 Å². The lowest BCUT2D eigenvalue weighted by atomic mass is 10.2. The summed E-state index contributed by atoms with van der Waals surface area (Å²) in [4.78, 5) is 46.8. The summed E-state index contributed by atoms with van der Waals surface area (Å²) in [5.74, 6) is -2.44. The largest absolute Gasteiger partial charge is 0.481 e. The fourth-order valence-corrected chi connectivity index (χ4v) is 1.73. The van der Waals surface area contributed by atoms with Gasteiger partial charge < -0.3 is 14.8 Å². The first-order chi connectivity index (χ1) is 10.6. The van der Waals surface area contributed by atoms with E-state index in [2.05, 4.69) is 11.6 Å². The Labute approximate surface area is 129 Å². The van der Waals surface area contributed by atoms with Crippen molar-refractivity contribution in [3.8, 4) is 0 Å². The van der Waals surface area contributed by atoms with Crippen LogP contribution in [0.15, 0.2) is 28.1 Å². The van der Waals surface area contributed by atoms with E-state index < -0.39 is 18.4 Å². The fraction of sp³-hybridized carbons (Fsp3) is 0.308. The van der Waals surface area contributed by atoms with Crippen LogP contribution >= 0.6 is 0 Å². The van der Waals surface area contributed by atoms with Crippen LogP contribution in [0.25, 0.3) is 11.2 Å². The number of rotatable bonds is 3. The molecular weight excluding hydrogens is 308 g/mol. The van der Waals surface area contributed by atoms with Gasteiger partial charge in [0, 0.05) is 26.7 Å². The van der Waals surface area contributed by atoms with Crippen molar-refractivity contribution in [2.24, 2.45) is 21.1 Å². The lowest BCUT2D eigenvalue weighted by Crippen LogP contribution is -2.37. The molecule has 10 heteroatoms. The summed E-state index contributed by atoms with van der Waals surface area (Å²) >= 11 is 0. The lowest BCUT2D eigenvalue weighted by Gasteiger charge is -2.02. The quantitative estimate of drug-likeness (QED) is 0.696. The van der Waals surface area contributed by atoms with Gasteiger partial charge in [-0.3, -0.25) is 18.7 Å². The number of fused-ring (bicyclic) bond motifs is 1. The van der Waals surface area contributed by atoms with Crippen LogP contribution < -0.4 is 11.2 Å². The maximum atomic E-state index is 11.7. The van der Waals surface area contributed by atoms with E-state index in [0.29, 0.717) is 11.2 Å². The number of aromatic nitrogens is 4. The maximum absolute atomic E-state index is 11.7. The van der Waals surface area contributed by atoms with Crippen molar-refractivity contribution in [2.45, 2.75) is 6.42 Å². The van der Waals surface area contributed by atoms with Crippen molar-refractivity contribution in [3.05, 3.63) is 39.3 Å². The number of aliphatic carboxylic acids is 2. The molecule has 2 heterocycles. The van der Waals surface area contributed by atoms with E-state index in [4.69, 9.17) is 10.2 Å². The molecule has 2 N–H and O–H groups in total. The molecular formula is C13H16N4O6. The van der Waals surface area contributed by atoms with Crippen molar-refractivity contribution < 1.29 is 19.8 Å². The molecule has 2 rings (SSSR count). The number of imidazole rings is 1. The molecule has 0 radical (unpaired) electrons. The van der Waals surface area contributed by atoms with E-state index in [9.17, 15) is 19.2 Å². The van der Waals surface area contributed by atoms with Crippen molar-refractivity contribution in [3.63, 3.8) is 0 Å². The molecule has 0 saturated carbocycles. The smallest absolute Gasteiger partial charge is 0.332 e. The average molecular weight is 324 g/mol. The van der Waals surface area contributed by atoms with Crippen LogP contribution in [0.2, 0.25) is 0 Å². The monoisotopic (exact) mass is 324 g/mol. The van der Waals surface area contributed by atoms with Crippen LogP contribution in [0, 0.1) is 0 Å². The number of carboxylic acids is 2. The molecule has 0 unspecified atom stereocenters. The molecule has 0 bridgehead atoms. The van der Waals surface area contributed by atoms with E-state index in [0.717, 1.165) is 4.57 Å². The van der Waals surface area contributed by atoms with E-state index in [-0.39, 0.29) is 16.8 Å². The molecule has 0 aliphatic rings. The Morgan fingerprint density at radius 3 is 2.17 bits per heavy atom. The van der Waals surface area contributed by atoms with Gasteiger partial charge >= 0.3 is 17.6 Å². The molecule has 0 aliphatic heterocycles. The van der Waals surface area contributed by atoms with Crippen LogP contribution in [0.1, 0.15) is 6.42 Å². The Bertz CT molecular complexity index is 902. The third-order valence-corrected chi connectivity index (χ3v) is 2.98. The number of nitrogens with zero attached hydrogens (tertiary/aromatic N) is 4. The maximum Gasteiger partial charge on any atom is 0.332 e. The first kappa shape index (κ1) is 17.9. The summed E-state index contributed by atoms with van der Waals surface area (Å²) in [6.07, 6.45) is 1.01. The van der Waals surface area contributed by atoms with Gasteiger partial charge in [-0.25, -0.2) is 14.6 Å². The highest BCUT2D eigenvalue weighted by atomic mass is 16.4. The minimum absolute atomic E-state index is 0.303. The molecule has 2 aromatic rings. The number of hydrogen-bond donors (Lipinski definition) is 2. The highest BCUT2D eigenvalue weighted by molar-refractivity contribution is 5.91. The summed E-state index contributed by atoms with van der Waals surface area (Å²) in [7, 11) is 4.77. The molecule has 0 spiro atoms. The summed E-state index contributed by atoms with van der Waals surface area (Å²) < 4.78 is 4.04. The van der Waals surface area contributed by atoms with Crippen molar-refractivity contribution >= 4 is 23.1 Å². The average Bonchev–Trinajstić information content (AvgIpc) is 2.84. The van der Waals surface area contributed by atoms with Crippen LogP contribution in [0.5, 0.6) is 0 Å². The Morgan fingerprint density at radius 1 is 1.17 bits per heavy atom. The second kappa shape index (κ2) is 6.73. The number of aryl methyl sites for hydroxylation is 2. The lowest BCUT2D eigenvalue weighted by molar-refractivity contribution is -0.139. The Morgan fingerprint density at radius 2 is 1.74 bits per heavy atom. The molecule has 0 atom stereocenters. The third-order valence-electron chi connectivity index (χ3n) is 2.98. The van der Waals surface area contributed by atoms with Gasteiger partial charge in [0.05, 0.1) is 12.7 Å². The van der Waals surface area contributed by atoms with E-state index in [1.54, 1.807) is 18.7 Å². The zero-order valence-electron chi connectivity index (χ0n) is 12.8. The second-order valence-corrected chi connectivity index (χ2v) is 4.71. The molecule has 0 saturated heterocycles. The molecule has 124 valence electrons. The molecule has 0 aliphatic carbocycles. The van der Waals surface area contributed by atoms with E-state index >= 15 is 0 Å². The molecule has 0 aromatic carbocycles. The zero-order chi connectivity index (χ0) is 17.9. The highest BCUT2D eigenvalue weighted by Gasteiger charge is 2.11. The normalized spacial score (nSPS) is 10.0. The SMILES string of the molecule is C=C(CC(=O)O)C(=O)O.Cn1c(=O)c2c(ncn2C)n(C)c1=O. The second-order valence-electron chi connectivity index (χ2n) is 4.71. The minimum atomic E-state index is -1.27. The van der Waals surface area contributed by atoms with Crippen molar-refractivity contribution in [1.29, 1.82) is 0 Å². The Kier molecular flexibility index (Phi) is 5.23. The van der Waals surface area contributed by atoms with Gasteiger partial charge in [-0.2, -0.15) is 0 Å². The van der Waals surface area contributed by atoms with Gasteiger partial charge in [-0.05, 0) is 0 Å². The van der Waals surface area contributed by atoms with Gasteiger partial charge in [0.25, 0.3) is 5.56 Å². The van der Waals surface area contributed by atoms with Crippen molar-refractivity contribution in [1.82, 2.24) is 18.7 Å². The summed E-state index contributed by atoms with van der Waals surface area (Å²) in [6.45, 7) is 3.01. The van der Waals surface area contributed by atoms with E-state index in [1.165, 1.54) is 17.9 Å². The zero-order valence-corrected chi connectivity index (χ0v) is 12.8. The standard InChI is InChI=1S/C8H10N4O2.C5H6O4/c1-10-4-9-6-5(10)7(13)12(3)8(14)11(6)2;1-3(5(8)9)2-4(6)7/h4H,1-3H3;1-2H2,(H,6,7)(H,8,9). The van der Waals surface area contributed by atoms with Crippen LogP contribution in [0.3, 0.4) is 0 Å². The molecule has 2 aromatic heterocycles. The number of carbonyl (C=O) groups is 2. The number of carboxylic acid groups (broad SMARTS) is 2. The fourth-order valence-electron chi connectivity index (χ4n) is 1.73. The van der Waals surface area contributed by atoms with Crippen LogP contribution in [-0.2, 0) is 30.7 Å². The molecule has 0 fully saturated rings. The van der Waals surface area contributed by atoms with Gasteiger partial charge in [0.15, 0.2) is 11.2 Å². The summed E-state index contributed by atoms with van der Waals surface area (Å²) in [6, 6.07) is 0. The van der Waals surface area contributed by atoms with Gasteiger partial charge in [-0.15, -0.1) is 0 Å². The minimum Gasteiger partial charge on any atom is -0.481 e. The van der Waals surface area contributed by atoms with E-state index in [1.807, 2.05) is 0 Å². The predicted molar refractivity (Wildman–Crippen MR) is 80.2 cm³/mol. The molecule has 23 heavy (non-hydrogen) atoms. The first-order valence-electron chi connectivity index (χ1n) is 6.27. The number of hydrogen-bond acceptors (Lipinski definition) is 5. The van der Waals surface area contributed by atoms with Crippen LogP contribution in [-0.4, -0.2) is 40.8 Å². The highest BCUT2D eigenvalue weighted by Crippen LogP contribution is 2.01. The summed E-state index contributed by atoms with van der Waals surface area (Å²) in [5.41, 5.74) is -0.123. The molecule has 0 amide bonds. The van der Waals surface area contributed by atoms with Gasteiger partial charge in [0.1, 0.15) is 0 Å². The molecule has 10 nitrogen and oxygen atoms in total. The first-order valence-corrected chi connectivity index (χ1v) is 6.27. The van der Waals surface area contributed by atoms with Gasteiger partial charge in [-0.1, -0.05) is 6.58 Å². The Balaban J connectivity index is 0.000000257. The Hall–Kier alpha value is -3.17. The van der Waals surface area contributed by atoms with Crippen LogP contribution in [0.4, 0.5) is 0 Å². The predicted octanol–water partition coefficient (Wildman–Crippen LogP) is -0.927. The van der Waals surface area contributed by atoms with Gasteiger partial charge in [0.2, 0.25) is 0 Å². The summed E-state index contributed by atoms with van der Waals surface area (Å²) in [5, 5.41) is 16.1.